The van der Waals surface area contributed by atoms with Gasteiger partial charge in [-0.15, -0.1) is 19.3 Å². The van der Waals surface area contributed by atoms with Crippen LogP contribution in [0, 0.1) is 37.0 Å². The highest BCUT2D eigenvalue weighted by Crippen LogP contribution is 2.47. The molecule has 17 nitrogen and oxygen atoms in total. The monoisotopic (exact) mass is 924 g/mol. The van der Waals surface area contributed by atoms with E-state index in [1.807, 2.05) is 0 Å². The van der Waals surface area contributed by atoms with Crippen LogP contribution in [0.25, 0.3) is 11.1 Å². The Balaban J connectivity index is 2.25. The summed E-state index contributed by atoms with van der Waals surface area (Å²) < 4.78 is 49.7. The fourth-order valence-electron chi connectivity index (χ4n) is 5.82. The molecule has 4 amide bonds. The molecule has 18 heteroatoms. The zero-order valence-electron chi connectivity index (χ0n) is 37.6. The molecule has 0 spiro atoms. The molecular formula is C47H65N4O13P. The lowest BCUT2D eigenvalue weighted by atomic mass is 9.82. The molecule has 0 radical (unpaired) electrons. The average Bonchev–Trinajstić information content (AvgIpc) is 3.29. The molecule has 2 rings (SSSR count). The molecule has 1 atom stereocenters. The van der Waals surface area contributed by atoms with Crippen molar-refractivity contribution in [2.75, 3.05) is 98.9 Å². The number of amides is 4. The maximum absolute atomic E-state index is 14.1. The fraction of sp³-hybridized carbons (Fsp3) is 0.532. The van der Waals surface area contributed by atoms with Gasteiger partial charge in [0.05, 0.1) is 65.1 Å². The summed E-state index contributed by atoms with van der Waals surface area (Å²) in [6.07, 6.45) is 15.7. The van der Waals surface area contributed by atoms with E-state index in [1.165, 1.54) is 0 Å². The zero-order chi connectivity index (χ0) is 47.6. The molecule has 2 aromatic rings. The van der Waals surface area contributed by atoms with Crippen LogP contribution in [0.4, 0.5) is 0 Å². The van der Waals surface area contributed by atoms with Gasteiger partial charge in [0.25, 0.3) is 5.91 Å². The Bertz CT molecular complexity index is 1780. The Morgan fingerprint density at radius 1 is 0.585 bits per heavy atom. The van der Waals surface area contributed by atoms with Crippen LogP contribution in [0.1, 0.15) is 62.7 Å². The summed E-state index contributed by atoms with van der Waals surface area (Å²) in [5.74, 6) is 5.94. The van der Waals surface area contributed by atoms with Gasteiger partial charge in [-0.2, -0.15) is 0 Å². The lowest BCUT2D eigenvalue weighted by Crippen LogP contribution is -2.50. The Kier molecular flexibility index (Phi) is 28.6. The minimum absolute atomic E-state index is 0.0402. The molecule has 0 saturated heterocycles. The minimum Gasteiger partial charge on any atom is -0.424 e. The second-order valence-corrected chi connectivity index (χ2v) is 17.1. The first-order chi connectivity index (χ1) is 31.3. The third-order valence-electron chi connectivity index (χ3n) is 9.47. The summed E-state index contributed by atoms with van der Waals surface area (Å²) in [5, 5.41) is 11.6. The zero-order valence-corrected chi connectivity index (χ0v) is 38.5. The third kappa shape index (κ3) is 25.1. The van der Waals surface area contributed by atoms with Crippen molar-refractivity contribution in [2.45, 2.75) is 63.6 Å². The SMILES string of the molecule is C#CCOCCOCCNC(=O)CCC(CCC(=O)NCCOCCOCC#C)(CCC(=O)NCCOCCOCC#C)NC(=O)c1ccc(-c2ccc(OP(=O)(O)C(C)C)cc2)cc1. The Labute approximate surface area is 383 Å². The van der Waals surface area contributed by atoms with Crippen molar-refractivity contribution in [2.24, 2.45) is 0 Å². The number of terminal acetylenes is 3. The van der Waals surface area contributed by atoms with Crippen LogP contribution < -0.4 is 25.8 Å². The second kappa shape index (κ2) is 33.3. The van der Waals surface area contributed by atoms with Crippen LogP contribution in [0.3, 0.4) is 0 Å². The number of ether oxygens (including phenoxy) is 6. The van der Waals surface area contributed by atoms with Crippen molar-refractivity contribution < 1.29 is 61.6 Å². The Morgan fingerprint density at radius 2 is 0.938 bits per heavy atom. The molecule has 0 aliphatic carbocycles. The third-order valence-corrected chi connectivity index (χ3v) is 11.2. The standard InChI is InChI=1S/C47H65N4O13P/c1-6-26-58-32-35-61-29-23-48-43(52)17-20-47(21-18-44(53)49-24-30-62-36-33-59-27-7-2,22-19-45(54)50-25-31-63-37-34-60-28-8-3)51-46(55)41-11-9-39(10-12-41)40-13-15-42(16-14-40)64-65(56,57)38(4)5/h1-3,9-16,38H,17-37H2,4-5H3,(H,48,52)(H,49,53)(H,50,54)(H,51,55)(H,56,57). The largest absolute Gasteiger partial charge is 0.424 e. The maximum Gasteiger partial charge on any atom is 0.379 e. The normalized spacial score (nSPS) is 12.0. The number of carbonyl (C=O) groups is 4. The molecule has 5 N–H and O–H groups in total. The van der Waals surface area contributed by atoms with Crippen molar-refractivity contribution in [1.82, 2.24) is 21.3 Å². The van der Waals surface area contributed by atoms with Crippen molar-refractivity contribution in [3.63, 3.8) is 0 Å². The van der Waals surface area contributed by atoms with Crippen molar-refractivity contribution in [1.29, 1.82) is 0 Å². The molecule has 0 fully saturated rings. The van der Waals surface area contributed by atoms with Crippen LogP contribution >= 0.6 is 7.60 Å². The molecular weight excluding hydrogens is 860 g/mol. The number of hydrogen-bond donors (Lipinski definition) is 5. The number of hydrogen-bond acceptors (Lipinski definition) is 12. The van der Waals surface area contributed by atoms with Gasteiger partial charge < -0.3 is 59.1 Å². The molecule has 0 bridgehead atoms. The van der Waals surface area contributed by atoms with Gasteiger partial charge in [-0.25, -0.2) is 4.57 Å². The fourth-order valence-corrected chi connectivity index (χ4v) is 6.45. The average molecular weight is 925 g/mol. The van der Waals surface area contributed by atoms with Gasteiger partial charge in [0.2, 0.25) is 17.7 Å². The van der Waals surface area contributed by atoms with E-state index in [2.05, 4.69) is 39.0 Å². The molecule has 1 unspecified atom stereocenters. The summed E-state index contributed by atoms with van der Waals surface area (Å²) in [7, 11) is -3.83. The number of nitrogens with one attached hydrogen (secondary N) is 4. The van der Waals surface area contributed by atoms with E-state index in [1.54, 1.807) is 62.4 Å². The predicted octanol–water partition coefficient (Wildman–Crippen LogP) is 3.48. The molecule has 0 aromatic heterocycles. The van der Waals surface area contributed by atoms with E-state index in [0.717, 1.165) is 11.1 Å². The first-order valence-corrected chi connectivity index (χ1v) is 23.1. The summed E-state index contributed by atoms with van der Waals surface area (Å²) in [6, 6.07) is 13.4. The Hall–Kier alpha value is -5.25. The van der Waals surface area contributed by atoms with Gasteiger partial charge in [0.15, 0.2) is 0 Å². The first-order valence-electron chi connectivity index (χ1n) is 21.5. The van der Waals surface area contributed by atoms with Gasteiger partial charge in [-0.05, 0) is 54.7 Å². The maximum atomic E-state index is 14.1. The van der Waals surface area contributed by atoms with E-state index >= 15 is 0 Å². The highest BCUT2D eigenvalue weighted by atomic mass is 31.2. The van der Waals surface area contributed by atoms with Crippen LogP contribution in [0.15, 0.2) is 48.5 Å². The molecule has 356 valence electrons. The van der Waals surface area contributed by atoms with Crippen molar-refractivity contribution in [3.05, 3.63) is 54.1 Å². The van der Waals surface area contributed by atoms with Crippen LogP contribution in [-0.2, 0) is 47.4 Å². The van der Waals surface area contributed by atoms with Crippen LogP contribution in [0.5, 0.6) is 5.75 Å². The molecule has 0 aliphatic heterocycles. The lowest BCUT2D eigenvalue weighted by Gasteiger charge is -2.35. The molecule has 2 aromatic carbocycles. The molecule has 0 aliphatic rings. The van der Waals surface area contributed by atoms with E-state index in [0.29, 0.717) is 45.2 Å². The number of carbonyl (C=O) groups excluding carboxylic acids is 4. The van der Waals surface area contributed by atoms with Gasteiger partial charge >= 0.3 is 7.60 Å². The van der Waals surface area contributed by atoms with Crippen molar-refractivity contribution >= 4 is 31.2 Å². The lowest BCUT2D eigenvalue weighted by molar-refractivity contribution is -0.121. The summed E-state index contributed by atoms with van der Waals surface area (Å²) >= 11 is 0. The summed E-state index contributed by atoms with van der Waals surface area (Å²) in [6.45, 7) is 6.90. The minimum atomic E-state index is -3.83. The van der Waals surface area contributed by atoms with Crippen LogP contribution in [0.2, 0.25) is 0 Å². The predicted molar refractivity (Wildman–Crippen MR) is 246 cm³/mol. The van der Waals surface area contributed by atoms with E-state index in [4.69, 9.17) is 52.2 Å². The molecule has 0 heterocycles. The van der Waals surface area contributed by atoms with E-state index in [-0.39, 0.29) is 121 Å². The molecule has 65 heavy (non-hydrogen) atoms. The smallest absolute Gasteiger partial charge is 0.379 e. The topological polar surface area (TPSA) is 218 Å². The van der Waals surface area contributed by atoms with E-state index < -0.39 is 24.7 Å². The highest BCUT2D eigenvalue weighted by molar-refractivity contribution is 7.54. The molecule has 0 saturated carbocycles. The van der Waals surface area contributed by atoms with Crippen LogP contribution in [-0.4, -0.2) is 139 Å². The Morgan fingerprint density at radius 3 is 1.29 bits per heavy atom. The first kappa shape index (κ1) is 55.9. The number of rotatable bonds is 36. The highest BCUT2D eigenvalue weighted by Gasteiger charge is 2.34. The second-order valence-electron chi connectivity index (χ2n) is 14.7. The quantitative estimate of drug-likeness (QED) is 0.0376. The van der Waals surface area contributed by atoms with Gasteiger partial charge in [0.1, 0.15) is 25.6 Å². The summed E-state index contributed by atoms with van der Waals surface area (Å²) in [4.78, 5) is 63.7. The van der Waals surface area contributed by atoms with Gasteiger partial charge in [-0.1, -0.05) is 55.9 Å². The summed E-state index contributed by atoms with van der Waals surface area (Å²) in [5.41, 5.74) is 0.0604. The van der Waals surface area contributed by atoms with Gasteiger partial charge in [0, 0.05) is 50.0 Å². The van der Waals surface area contributed by atoms with Crippen molar-refractivity contribution in [3.8, 4) is 53.9 Å². The van der Waals surface area contributed by atoms with E-state index in [9.17, 15) is 28.6 Å². The van der Waals surface area contributed by atoms with Gasteiger partial charge in [-0.3, -0.25) is 19.2 Å². The number of benzene rings is 2.